The molecule has 2 N–H and O–H groups in total. The summed E-state index contributed by atoms with van der Waals surface area (Å²) >= 11 is 9.44. The SMILES string of the molecule is CCn1ncc(Br)c1C(N)Cc1c(F)cccc1Cl. The van der Waals surface area contributed by atoms with Crippen molar-refractivity contribution in [3.05, 3.63) is 51.0 Å². The number of aryl methyl sites for hydroxylation is 1. The molecule has 0 saturated heterocycles. The molecule has 6 heteroatoms. The van der Waals surface area contributed by atoms with Gasteiger partial charge in [0.2, 0.25) is 0 Å². The van der Waals surface area contributed by atoms with E-state index >= 15 is 0 Å². The number of halogens is 3. The third-order valence-electron chi connectivity index (χ3n) is 2.97. The Kier molecular flexibility index (Phi) is 4.60. The van der Waals surface area contributed by atoms with Crippen molar-refractivity contribution in [2.45, 2.75) is 25.9 Å². The molecule has 1 aromatic heterocycles. The summed E-state index contributed by atoms with van der Waals surface area (Å²) in [7, 11) is 0. The summed E-state index contributed by atoms with van der Waals surface area (Å²) in [5.74, 6) is -0.332. The number of aromatic nitrogens is 2. The van der Waals surface area contributed by atoms with Gasteiger partial charge in [0.1, 0.15) is 5.82 Å². The zero-order chi connectivity index (χ0) is 14.0. The van der Waals surface area contributed by atoms with E-state index in [2.05, 4.69) is 21.0 Å². The molecular weight excluding hydrogens is 333 g/mol. The van der Waals surface area contributed by atoms with E-state index in [9.17, 15) is 4.39 Å². The number of hydrogen-bond acceptors (Lipinski definition) is 2. The fraction of sp³-hybridized carbons (Fsp3) is 0.308. The summed E-state index contributed by atoms with van der Waals surface area (Å²) in [5, 5.41) is 4.60. The highest BCUT2D eigenvalue weighted by Gasteiger charge is 2.19. The van der Waals surface area contributed by atoms with Gasteiger partial charge in [-0.3, -0.25) is 4.68 Å². The summed E-state index contributed by atoms with van der Waals surface area (Å²) in [5.41, 5.74) is 7.46. The summed E-state index contributed by atoms with van der Waals surface area (Å²) in [6.07, 6.45) is 2.03. The lowest BCUT2D eigenvalue weighted by atomic mass is 10.0. The van der Waals surface area contributed by atoms with E-state index in [1.807, 2.05) is 6.92 Å². The first-order chi connectivity index (χ1) is 9.04. The summed E-state index contributed by atoms with van der Waals surface area (Å²) < 4.78 is 16.4. The minimum Gasteiger partial charge on any atom is -0.322 e. The highest BCUT2D eigenvalue weighted by Crippen LogP contribution is 2.28. The molecule has 1 unspecified atom stereocenters. The largest absolute Gasteiger partial charge is 0.322 e. The van der Waals surface area contributed by atoms with Crippen LogP contribution in [0.5, 0.6) is 0 Å². The lowest BCUT2D eigenvalue weighted by Gasteiger charge is -2.15. The van der Waals surface area contributed by atoms with Crippen LogP contribution in [0.4, 0.5) is 4.39 Å². The third kappa shape index (κ3) is 2.99. The average molecular weight is 347 g/mol. The van der Waals surface area contributed by atoms with E-state index in [-0.39, 0.29) is 11.9 Å². The highest BCUT2D eigenvalue weighted by molar-refractivity contribution is 9.10. The van der Waals surface area contributed by atoms with Crippen LogP contribution < -0.4 is 5.73 Å². The topological polar surface area (TPSA) is 43.8 Å². The van der Waals surface area contributed by atoms with Gasteiger partial charge >= 0.3 is 0 Å². The molecular formula is C13H14BrClFN3. The molecule has 0 aliphatic rings. The zero-order valence-corrected chi connectivity index (χ0v) is 12.7. The first kappa shape index (κ1) is 14.5. The van der Waals surface area contributed by atoms with Gasteiger partial charge in [-0.25, -0.2) is 4.39 Å². The fourth-order valence-corrected chi connectivity index (χ4v) is 2.87. The first-order valence-electron chi connectivity index (χ1n) is 5.94. The number of nitrogens with zero attached hydrogens (tertiary/aromatic N) is 2. The van der Waals surface area contributed by atoms with E-state index in [0.29, 0.717) is 23.6 Å². The second kappa shape index (κ2) is 6.03. The second-order valence-corrected chi connectivity index (χ2v) is 5.47. The smallest absolute Gasteiger partial charge is 0.127 e. The Hall–Kier alpha value is -0.910. The third-order valence-corrected chi connectivity index (χ3v) is 3.93. The quantitative estimate of drug-likeness (QED) is 0.917. The maximum atomic E-state index is 13.8. The van der Waals surface area contributed by atoms with Gasteiger partial charge in [0.15, 0.2) is 0 Å². The monoisotopic (exact) mass is 345 g/mol. The molecule has 2 aromatic rings. The van der Waals surface area contributed by atoms with Crippen LogP contribution in [0.1, 0.15) is 24.2 Å². The molecule has 0 aliphatic carbocycles. The van der Waals surface area contributed by atoms with Crippen LogP contribution in [-0.4, -0.2) is 9.78 Å². The van der Waals surface area contributed by atoms with Gasteiger partial charge < -0.3 is 5.73 Å². The van der Waals surface area contributed by atoms with Gasteiger partial charge in [0, 0.05) is 17.1 Å². The van der Waals surface area contributed by atoms with Crippen molar-refractivity contribution in [3.8, 4) is 0 Å². The predicted molar refractivity (Wildman–Crippen MR) is 77.6 cm³/mol. The van der Waals surface area contributed by atoms with Crippen molar-refractivity contribution in [2.75, 3.05) is 0 Å². The maximum absolute atomic E-state index is 13.8. The number of benzene rings is 1. The Balaban J connectivity index is 2.31. The fourth-order valence-electron chi connectivity index (χ4n) is 2.04. The van der Waals surface area contributed by atoms with Crippen molar-refractivity contribution < 1.29 is 4.39 Å². The van der Waals surface area contributed by atoms with E-state index in [1.165, 1.54) is 6.07 Å². The van der Waals surface area contributed by atoms with Crippen molar-refractivity contribution in [1.29, 1.82) is 0 Å². The molecule has 0 spiro atoms. The molecule has 0 radical (unpaired) electrons. The van der Waals surface area contributed by atoms with Crippen molar-refractivity contribution in [2.24, 2.45) is 5.73 Å². The highest BCUT2D eigenvalue weighted by atomic mass is 79.9. The Morgan fingerprint density at radius 3 is 2.89 bits per heavy atom. The number of nitrogens with two attached hydrogens (primary N) is 1. The second-order valence-electron chi connectivity index (χ2n) is 4.20. The lowest BCUT2D eigenvalue weighted by Crippen LogP contribution is -2.19. The molecule has 19 heavy (non-hydrogen) atoms. The number of rotatable bonds is 4. The molecule has 2 rings (SSSR count). The standard InChI is InChI=1S/C13H14BrClFN3/c1-2-19-13(9(14)7-18-19)12(17)6-8-10(15)4-3-5-11(8)16/h3-5,7,12H,2,6,17H2,1H3. The van der Waals surface area contributed by atoms with Crippen molar-refractivity contribution in [1.82, 2.24) is 9.78 Å². The molecule has 0 fully saturated rings. The van der Waals surface area contributed by atoms with Crippen molar-refractivity contribution >= 4 is 27.5 Å². The van der Waals surface area contributed by atoms with Crippen LogP contribution in [0, 0.1) is 5.82 Å². The Morgan fingerprint density at radius 2 is 2.26 bits per heavy atom. The molecule has 1 heterocycles. The minimum atomic E-state index is -0.369. The van der Waals surface area contributed by atoms with Gasteiger partial charge in [-0.1, -0.05) is 17.7 Å². The molecule has 1 atom stereocenters. The normalized spacial score (nSPS) is 12.7. The summed E-state index contributed by atoms with van der Waals surface area (Å²) in [6.45, 7) is 2.69. The molecule has 1 aromatic carbocycles. The zero-order valence-electron chi connectivity index (χ0n) is 10.4. The number of hydrogen-bond donors (Lipinski definition) is 1. The van der Waals surface area contributed by atoms with Gasteiger partial charge in [-0.2, -0.15) is 5.10 Å². The molecule has 0 saturated carbocycles. The van der Waals surface area contributed by atoms with E-state index in [1.54, 1.807) is 23.0 Å². The van der Waals surface area contributed by atoms with Gasteiger partial charge in [0.25, 0.3) is 0 Å². The summed E-state index contributed by atoms with van der Waals surface area (Å²) in [4.78, 5) is 0. The van der Waals surface area contributed by atoms with Gasteiger partial charge in [0.05, 0.1) is 22.4 Å². The summed E-state index contributed by atoms with van der Waals surface area (Å²) in [6, 6.07) is 4.27. The molecule has 102 valence electrons. The first-order valence-corrected chi connectivity index (χ1v) is 7.11. The Morgan fingerprint density at radius 1 is 1.53 bits per heavy atom. The van der Waals surface area contributed by atoms with Crippen LogP contribution in [0.2, 0.25) is 5.02 Å². The molecule has 0 aliphatic heterocycles. The van der Waals surface area contributed by atoms with Crippen LogP contribution in [0.3, 0.4) is 0 Å². The maximum Gasteiger partial charge on any atom is 0.127 e. The van der Waals surface area contributed by atoms with Crippen LogP contribution in [0.25, 0.3) is 0 Å². The van der Waals surface area contributed by atoms with Crippen LogP contribution in [-0.2, 0) is 13.0 Å². The molecule has 0 amide bonds. The lowest BCUT2D eigenvalue weighted by molar-refractivity contribution is 0.550. The molecule has 0 bridgehead atoms. The molecule has 3 nitrogen and oxygen atoms in total. The van der Waals surface area contributed by atoms with Crippen LogP contribution in [0.15, 0.2) is 28.9 Å². The Bertz CT molecular complexity index is 565. The predicted octanol–water partition coefficient (Wildman–Crippen LogP) is 3.70. The average Bonchev–Trinajstić information content (AvgIpc) is 2.75. The Labute approximate surface area is 124 Å². The minimum absolute atomic E-state index is 0.329. The van der Waals surface area contributed by atoms with Gasteiger partial charge in [-0.15, -0.1) is 0 Å². The van der Waals surface area contributed by atoms with E-state index in [0.717, 1.165) is 10.2 Å². The van der Waals surface area contributed by atoms with Gasteiger partial charge in [-0.05, 0) is 41.4 Å². The van der Waals surface area contributed by atoms with E-state index in [4.69, 9.17) is 17.3 Å². The van der Waals surface area contributed by atoms with Crippen LogP contribution >= 0.6 is 27.5 Å². The van der Waals surface area contributed by atoms with E-state index < -0.39 is 0 Å². The van der Waals surface area contributed by atoms with Crippen molar-refractivity contribution in [3.63, 3.8) is 0 Å².